The van der Waals surface area contributed by atoms with Gasteiger partial charge < -0.3 is 29.0 Å². The third-order valence-electron chi connectivity index (χ3n) is 8.84. The number of aliphatic hydroxyl groups excluding tert-OH is 1. The van der Waals surface area contributed by atoms with Crippen LogP contribution in [0.2, 0.25) is 30.7 Å². The zero-order valence-electron chi connectivity index (χ0n) is 27.9. The molecule has 2 aromatic carbocycles. The van der Waals surface area contributed by atoms with E-state index in [2.05, 4.69) is 47.1 Å². The van der Waals surface area contributed by atoms with Gasteiger partial charge in [-0.1, -0.05) is 49.4 Å². The fourth-order valence-electron chi connectivity index (χ4n) is 6.33. The number of anilines is 1. The van der Waals surface area contributed by atoms with Crippen molar-refractivity contribution in [2.75, 3.05) is 37.2 Å². The van der Waals surface area contributed by atoms with Crippen molar-refractivity contribution in [3.63, 3.8) is 0 Å². The van der Waals surface area contributed by atoms with Crippen LogP contribution in [0.3, 0.4) is 0 Å². The van der Waals surface area contributed by atoms with Gasteiger partial charge in [-0.05, 0) is 47.5 Å². The minimum atomic E-state index is -2.22. The first kappa shape index (κ1) is 33.5. The Morgan fingerprint density at radius 1 is 1.02 bits per heavy atom. The maximum Gasteiger partial charge on any atom is 0.301 e. The molecule has 0 radical (unpaired) electrons. The smallest absolute Gasteiger partial charge is 0.301 e. The Hall–Kier alpha value is -3.04. The summed E-state index contributed by atoms with van der Waals surface area (Å²) >= 11 is 6.84. The van der Waals surface area contributed by atoms with Gasteiger partial charge in [0.05, 0.1) is 29.6 Å². The second-order valence-corrected chi connectivity index (χ2v) is 22.9. The lowest BCUT2D eigenvalue weighted by atomic mass is 10.1. The summed E-state index contributed by atoms with van der Waals surface area (Å²) in [4.78, 5) is 12.1. The van der Waals surface area contributed by atoms with E-state index in [-0.39, 0.29) is 26.0 Å². The third-order valence-corrected chi connectivity index (χ3v) is 11.5. The summed E-state index contributed by atoms with van der Waals surface area (Å²) in [5, 5.41) is 10.7. The summed E-state index contributed by atoms with van der Waals surface area (Å²) in [5.41, 5.74) is 6.95. The molecule has 0 unspecified atom stereocenters. The average Bonchev–Trinajstić information content (AvgIpc) is 3.78. The molecule has 0 aliphatic carbocycles. The van der Waals surface area contributed by atoms with Crippen molar-refractivity contribution in [1.29, 1.82) is 0 Å². The van der Waals surface area contributed by atoms with Crippen molar-refractivity contribution in [3.05, 3.63) is 64.7 Å². The molecule has 0 saturated carbocycles. The van der Waals surface area contributed by atoms with Crippen LogP contribution >= 0.6 is 11.6 Å². The van der Waals surface area contributed by atoms with Crippen LogP contribution in [0.1, 0.15) is 11.1 Å². The number of aliphatic hydroxyl groups is 1. The average molecular weight is 712 g/mol. The third kappa shape index (κ3) is 7.13. The first-order chi connectivity index (χ1) is 22.8. The van der Waals surface area contributed by atoms with Crippen molar-refractivity contribution in [2.24, 2.45) is 4.36 Å². The molecule has 14 heteroatoms. The zero-order valence-corrected chi connectivity index (χ0v) is 30.5. The Kier molecular flexibility index (Phi) is 9.07. The normalized spacial score (nSPS) is 22.4. The van der Waals surface area contributed by atoms with Gasteiger partial charge in [-0.25, -0.2) is 9.19 Å². The highest BCUT2D eigenvalue weighted by atomic mass is 35.5. The highest BCUT2D eigenvalue weighted by Crippen LogP contribution is 2.36. The molecule has 5 heterocycles. The van der Waals surface area contributed by atoms with E-state index in [0.29, 0.717) is 34.5 Å². The van der Waals surface area contributed by atoms with Gasteiger partial charge in [-0.2, -0.15) is 9.35 Å². The Labute approximate surface area is 287 Å². The van der Waals surface area contributed by atoms with Crippen LogP contribution in [0.15, 0.2) is 52.9 Å². The zero-order chi connectivity index (χ0) is 33.8. The quantitative estimate of drug-likeness (QED) is 0.160. The van der Waals surface area contributed by atoms with Gasteiger partial charge in [0.15, 0.2) is 11.8 Å². The molecule has 2 aromatic heterocycles. The van der Waals surface area contributed by atoms with Crippen LogP contribution in [0.25, 0.3) is 22.4 Å². The second kappa shape index (κ2) is 13.0. The largest absolute Gasteiger partial charge is 0.456 e. The molecule has 2 fully saturated rings. The van der Waals surface area contributed by atoms with E-state index in [4.69, 9.17) is 40.5 Å². The van der Waals surface area contributed by atoms with Crippen molar-refractivity contribution < 1.29 is 28.3 Å². The number of fused-ring (bicyclic) bond motifs is 3. The van der Waals surface area contributed by atoms with Gasteiger partial charge in [0.1, 0.15) is 30.6 Å². The summed E-state index contributed by atoms with van der Waals surface area (Å²) < 4.78 is 42.5. The second-order valence-electron chi connectivity index (χ2n) is 14.3. The number of halogens is 1. The van der Waals surface area contributed by atoms with E-state index in [1.54, 1.807) is 12.5 Å². The minimum absolute atomic E-state index is 0.215. The maximum absolute atomic E-state index is 12.2. The van der Waals surface area contributed by atoms with Gasteiger partial charge in [-0.15, -0.1) is 0 Å². The highest BCUT2D eigenvalue weighted by molar-refractivity contribution is 7.92. The van der Waals surface area contributed by atoms with Crippen molar-refractivity contribution >= 4 is 51.9 Å². The molecule has 0 spiro atoms. The molecule has 48 heavy (non-hydrogen) atoms. The number of aromatic nitrogens is 3. The molecule has 4 aromatic rings. The van der Waals surface area contributed by atoms with Gasteiger partial charge in [0, 0.05) is 61.3 Å². The molecule has 3 aliphatic rings. The van der Waals surface area contributed by atoms with Gasteiger partial charge in [0.2, 0.25) is 0 Å². The van der Waals surface area contributed by atoms with Crippen molar-refractivity contribution in [2.45, 2.75) is 69.9 Å². The molecule has 0 amide bonds. The summed E-state index contributed by atoms with van der Waals surface area (Å²) in [7, 11) is -3.52. The van der Waals surface area contributed by atoms with Crippen LogP contribution < -0.4 is 9.64 Å². The summed E-state index contributed by atoms with van der Waals surface area (Å²) in [6.07, 6.45) is 1.41. The lowest BCUT2D eigenvalue weighted by molar-refractivity contribution is 0.00336. The summed E-state index contributed by atoms with van der Waals surface area (Å²) in [6, 6.07) is 17.5. The Bertz CT molecular complexity index is 1950. The molecule has 2 saturated heterocycles. The van der Waals surface area contributed by atoms with E-state index >= 15 is 0 Å². The SMILES string of the molecule is C[Si](C)(C)CCOCn1c(O[C@@H]2CO[C@H]3[C@@H]2OC[C@H]3O)nc2cc(Cl)c(-c3ccc(N4Cc5ccc(N=S(C)(C)=O)cc5C4)cc3)nc21. The lowest BCUT2D eigenvalue weighted by Gasteiger charge is -2.19. The predicted molar refractivity (Wildman–Crippen MR) is 190 cm³/mol. The number of hydrogen-bond donors (Lipinski definition) is 1. The molecular weight excluding hydrogens is 670 g/mol. The molecule has 11 nitrogen and oxygen atoms in total. The van der Waals surface area contributed by atoms with Crippen molar-refractivity contribution in [3.8, 4) is 17.3 Å². The Morgan fingerprint density at radius 2 is 1.77 bits per heavy atom. The summed E-state index contributed by atoms with van der Waals surface area (Å²) in [6.45, 7) is 9.82. The van der Waals surface area contributed by atoms with Crippen LogP contribution in [-0.4, -0.2) is 88.7 Å². The first-order valence-electron chi connectivity index (χ1n) is 16.2. The maximum atomic E-state index is 12.2. The number of nitrogens with zero attached hydrogens (tertiary/aromatic N) is 5. The molecule has 4 atom stereocenters. The molecule has 7 rings (SSSR count). The molecule has 256 valence electrons. The number of benzene rings is 2. The van der Waals surface area contributed by atoms with E-state index in [9.17, 15) is 9.32 Å². The first-order valence-corrected chi connectivity index (χ1v) is 22.6. The number of pyridine rings is 1. The van der Waals surface area contributed by atoms with E-state index in [1.165, 1.54) is 11.1 Å². The molecule has 1 N–H and O–H groups in total. The van der Waals surface area contributed by atoms with Gasteiger partial charge >= 0.3 is 6.01 Å². The van der Waals surface area contributed by atoms with Crippen LogP contribution in [0.5, 0.6) is 6.01 Å². The molecule has 0 bridgehead atoms. The Balaban J connectivity index is 1.14. The monoisotopic (exact) mass is 711 g/mol. The summed E-state index contributed by atoms with van der Waals surface area (Å²) in [5.74, 6) is 0. The minimum Gasteiger partial charge on any atom is -0.456 e. The van der Waals surface area contributed by atoms with Crippen LogP contribution in [0.4, 0.5) is 11.4 Å². The van der Waals surface area contributed by atoms with E-state index < -0.39 is 36.1 Å². The fourth-order valence-corrected chi connectivity index (χ4v) is 7.96. The van der Waals surface area contributed by atoms with E-state index in [0.717, 1.165) is 36.1 Å². The fraction of sp³-hybridized carbons (Fsp3) is 0.471. The topological polar surface area (TPSA) is 121 Å². The lowest BCUT2D eigenvalue weighted by Crippen LogP contribution is -2.35. The number of imidazole rings is 1. The standard InChI is InChI=1S/C34H42ClN5O6SSi/c1-47(2,42)38-24-9-6-22-16-39(17-23(22)14-24)25-10-7-21(8-11-25)30-26(35)15-27-33(37-30)40(20-43-12-13-48(3,4)5)34(36-27)46-29-19-45-31-28(41)18-44-32(29)31/h6-11,14-15,28-29,31-32,41H,12-13,16-20H2,1-5H3/t28-,29-,31-,32-/m1/s1. The number of ether oxygens (including phenoxy) is 4. The number of rotatable bonds is 10. The predicted octanol–water partition coefficient (Wildman–Crippen LogP) is 5.85. The van der Waals surface area contributed by atoms with Gasteiger partial charge in [-0.3, -0.25) is 4.57 Å². The van der Waals surface area contributed by atoms with Crippen molar-refractivity contribution in [1.82, 2.24) is 14.5 Å². The highest BCUT2D eigenvalue weighted by Gasteiger charge is 2.49. The van der Waals surface area contributed by atoms with Gasteiger partial charge in [0.25, 0.3) is 0 Å². The van der Waals surface area contributed by atoms with Crippen LogP contribution in [0, 0.1) is 0 Å². The Morgan fingerprint density at radius 3 is 2.52 bits per heavy atom. The molecule has 3 aliphatic heterocycles. The van der Waals surface area contributed by atoms with Crippen LogP contribution in [-0.2, 0) is 43.8 Å². The van der Waals surface area contributed by atoms with E-state index in [1.807, 2.05) is 34.9 Å². The number of hydrogen-bond acceptors (Lipinski definition) is 10. The molecular formula is C34H42ClN5O6SSi.